The first kappa shape index (κ1) is 48.2. The van der Waals surface area contributed by atoms with E-state index in [9.17, 15) is 26.3 Å². The topological polar surface area (TPSA) is 49.4 Å². The predicted molar refractivity (Wildman–Crippen MR) is 199 cm³/mol. The zero-order chi connectivity index (χ0) is 49.3. The maximum absolute atomic E-state index is 16.4. The third-order valence-electron chi connectivity index (χ3n) is 10.3. The Morgan fingerprint density at radius 3 is 0.986 bits per heavy atom. The summed E-state index contributed by atoms with van der Waals surface area (Å²) in [6.07, 6.45) is 7.20. The molecule has 0 saturated heterocycles. The third-order valence-corrected chi connectivity index (χ3v) is 10.3. The predicted octanol–water partition coefficient (Wildman–Crippen LogP) is 12.5. The van der Waals surface area contributed by atoms with Crippen LogP contribution in [0.2, 0.25) is 0 Å². The van der Waals surface area contributed by atoms with Gasteiger partial charge in [0, 0.05) is 41.8 Å². The summed E-state index contributed by atoms with van der Waals surface area (Å²) in [5, 5.41) is 0. The molecule has 0 N–H and O–H groups in total. The molecule has 4 aromatic rings. The van der Waals surface area contributed by atoms with E-state index in [2.05, 4.69) is 20.0 Å². The Morgan fingerprint density at radius 1 is 0.261 bits per heavy atom. The van der Waals surface area contributed by atoms with Gasteiger partial charge in [-0.1, -0.05) is 0 Å². The zero-order valence-electron chi connectivity index (χ0n) is 32.7. The summed E-state index contributed by atoms with van der Waals surface area (Å²) in [5.41, 5.74) is -25.1. The minimum absolute atomic E-state index is 0. The molecule has 0 unspecified atom stereocenters. The quantitative estimate of drug-likeness (QED) is 0.0847. The second-order valence-electron chi connectivity index (χ2n) is 14.2. The van der Waals surface area contributed by atoms with Crippen molar-refractivity contribution in [2.45, 2.75) is 0 Å². The van der Waals surface area contributed by atoms with Crippen LogP contribution in [0.25, 0.3) is 22.3 Å². The van der Waals surface area contributed by atoms with E-state index in [1.165, 1.54) is 18.2 Å². The number of nitrogens with zero attached hydrogens (tertiary/aromatic N) is 4. The monoisotopic (exact) mass is 1040 g/mol. The van der Waals surface area contributed by atoms with Gasteiger partial charge in [-0.15, -0.1) is 0 Å². The molecule has 0 aromatic heterocycles. The van der Waals surface area contributed by atoms with Crippen molar-refractivity contribution in [2.24, 2.45) is 20.0 Å². The number of fused-ring (bicyclic) bond motifs is 4. The van der Waals surface area contributed by atoms with Gasteiger partial charge < -0.3 is 0 Å². The Balaban J connectivity index is 0.00000642. The van der Waals surface area contributed by atoms with Gasteiger partial charge in [-0.2, -0.15) is 0 Å². The minimum Gasteiger partial charge on any atom is -0.249 e. The molecule has 0 spiro atoms. The van der Waals surface area contributed by atoms with E-state index in [1.807, 2.05) is 0 Å². The molecule has 9 rings (SSSR count). The average Bonchev–Trinajstić information content (AvgIpc) is 4.13. The summed E-state index contributed by atoms with van der Waals surface area (Å²) in [6, 6.07) is 0. The summed E-state index contributed by atoms with van der Waals surface area (Å²) in [7, 11) is 0. The molecule has 4 aromatic carbocycles. The largest absolute Gasteiger partial charge is 0.249 e. The van der Waals surface area contributed by atoms with Gasteiger partial charge in [-0.05, 0) is 48.6 Å². The van der Waals surface area contributed by atoms with Crippen LogP contribution in [-0.2, 0) is 19.5 Å². The maximum atomic E-state index is 16.4. The number of hydrogen-bond donors (Lipinski definition) is 0. The number of benzene rings is 4. The van der Waals surface area contributed by atoms with Crippen LogP contribution in [0.15, 0.2) is 91.4 Å². The normalized spacial score (nSPS) is 16.2. The van der Waals surface area contributed by atoms with Crippen molar-refractivity contribution < 1.29 is 107 Å². The van der Waals surface area contributed by atoms with Gasteiger partial charge >= 0.3 is 0 Å². The molecular formula is C44H8F20N4Zn. The molecule has 0 radical (unpaired) electrons. The van der Waals surface area contributed by atoms with Crippen LogP contribution < -0.4 is 0 Å². The van der Waals surface area contributed by atoms with E-state index < -0.39 is 189 Å². The van der Waals surface area contributed by atoms with E-state index in [1.54, 1.807) is 0 Å². The van der Waals surface area contributed by atoms with Crippen molar-refractivity contribution in [1.82, 2.24) is 0 Å². The molecule has 0 aliphatic carbocycles. The molecule has 25 heteroatoms. The molecule has 0 saturated carbocycles. The van der Waals surface area contributed by atoms with Crippen molar-refractivity contribution in [3.8, 4) is 0 Å². The number of rotatable bonds is 4. The minimum atomic E-state index is -3.07. The van der Waals surface area contributed by atoms with Crippen molar-refractivity contribution in [3.63, 3.8) is 0 Å². The molecular weight excluding hydrogens is 1030 g/mol. The average molecular weight is 1040 g/mol. The zero-order valence-corrected chi connectivity index (χ0v) is 35.6. The number of allylic oxidation sites excluding steroid dienone is 12. The molecule has 0 amide bonds. The number of halogens is 20. The van der Waals surface area contributed by atoms with Gasteiger partial charge in [0.2, 0.25) is 23.3 Å². The second kappa shape index (κ2) is 17.0. The summed E-state index contributed by atoms with van der Waals surface area (Å²) in [5.74, 6) is -59.2. The third kappa shape index (κ3) is 7.18. The van der Waals surface area contributed by atoms with Gasteiger partial charge in [0.05, 0.1) is 67.9 Å². The fourth-order valence-electron chi connectivity index (χ4n) is 7.37. The van der Waals surface area contributed by atoms with Gasteiger partial charge in [0.15, 0.2) is 93.1 Å². The fourth-order valence-corrected chi connectivity index (χ4v) is 7.37. The van der Waals surface area contributed by atoms with Crippen LogP contribution >= 0.6 is 0 Å². The van der Waals surface area contributed by atoms with Gasteiger partial charge in [-0.25, -0.2) is 108 Å². The van der Waals surface area contributed by atoms with Crippen molar-refractivity contribution in [3.05, 3.63) is 210 Å². The Labute approximate surface area is 381 Å². The first-order valence-electron chi connectivity index (χ1n) is 18.2. The first-order chi connectivity index (χ1) is 32.0. The van der Waals surface area contributed by atoms with Crippen LogP contribution in [0.1, 0.15) is 22.3 Å². The molecule has 0 atom stereocenters. The molecule has 4 nitrogen and oxygen atoms in total. The summed E-state index contributed by atoms with van der Waals surface area (Å²) < 4.78 is 309. The van der Waals surface area contributed by atoms with Crippen molar-refractivity contribution in [1.29, 1.82) is 0 Å². The summed E-state index contributed by atoms with van der Waals surface area (Å²) in [4.78, 5) is 15.8. The maximum Gasteiger partial charge on any atom is 0.200 e. The fraction of sp³-hybridized carbons (Fsp3) is 0. The van der Waals surface area contributed by atoms with Gasteiger partial charge in [0.25, 0.3) is 0 Å². The molecule has 5 heterocycles. The Kier molecular flexibility index (Phi) is 11.9. The summed E-state index contributed by atoms with van der Waals surface area (Å²) >= 11 is 0. The molecule has 5 aliphatic heterocycles. The Morgan fingerprint density at radius 2 is 0.580 bits per heavy atom. The molecule has 8 bridgehead atoms. The van der Waals surface area contributed by atoms with Gasteiger partial charge in [-0.3, -0.25) is 0 Å². The Hall–Kier alpha value is -7.30. The summed E-state index contributed by atoms with van der Waals surface area (Å²) in [6.45, 7) is 0. The van der Waals surface area contributed by atoms with E-state index in [0.29, 0.717) is 12.2 Å². The van der Waals surface area contributed by atoms with Crippen LogP contribution in [0, 0.1) is 116 Å². The second-order valence-corrected chi connectivity index (χ2v) is 14.2. The van der Waals surface area contributed by atoms with Crippen molar-refractivity contribution >= 4 is 45.1 Å². The number of hydrogen-bond acceptors (Lipinski definition) is 4. The Bertz CT molecular complexity index is 3430. The van der Waals surface area contributed by atoms with E-state index in [0.717, 1.165) is 18.2 Å². The van der Waals surface area contributed by atoms with Crippen LogP contribution in [0.5, 0.6) is 0 Å². The molecule has 0 fully saturated rings. The van der Waals surface area contributed by atoms with Crippen LogP contribution in [-0.4, -0.2) is 22.8 Å². The van der Waals surface area contributed by atoms with Crippen molar-refractivity contribution in [2.75, 3.05) is 0 Å². The van der Waals surface area contributed by atoms with E-state index in [-0.39, 0.29) is 36.6 Å². The number of aliphatic imine (C=N–C) groups is 4. The van der Waals surface area contributed by atoms with Crippen LogP contribution in [0.4, 0.5) is 87.8 Å². The standard InChI is InChI=1S/C44H8F20N4.Zn/c45-23-16(24(46)32(54)39(61)31(23)53)14-7-13-6-11-2-1-9(65-11)5-10-3-4-12(66-10)8-15-17(19-25(47)33(55)40(62)34(56)26(19)48)18(20-27(49)35(57)41(63)36(58)28(20)50)44(68-15)22(43(14)67-13)21-29(51)37(59)42(64)38(60)30(21)52;/h1-8H;. The first-order valence-corrected chi connectivity index (χ1v) is 18.2. The molecule has 5 aliphatic rings. The molecule has 69 heavy (non-hydrogen) atoms. The molecule has 346 valence electrons. The van der Waals surface area contributed by atoms with Crippen LogP contribution in [0.3, 0.4) is 0 Å². The van der Waals surface area contributed by atoms with Gasteiger partial charge in [0.1, 0.15) is 0 Å². The SMILES string of the molecule is Fc1c(F)c(F)c(C2=CC3=CC4=NC(=CC5=NC(=CC6=NC(=C(c7c(F)c(F)c(F)c(F)c7F)C2=N3)C(c2c(F)c(F)c(F)c(F)c2F)=C6c2c(F)c(F)c(F)c(F)c2F)C=C5)C=C4)c(F)c1F.[Zn]. The van der Waals surface area contributed by atoms with E-state index in [4.69, 9.17) is 0 Å². The smallest absolute Gasteiger partial charge is 0.200 e. The van der Waals surface area contributed by atoms with E-state index >= 15 is 61.5 Å².